The summed E-state index contributed by atoms with van der Waals surface area (Å²) in [5.74, 6) is 0.0258. The predicted octanol–water partition coefficient (Wildman–Crippen LogP) is 4.41. The summed E-state index contributed by atoms with van der Waals surface area (Å²) in [5, 5.41) is 1.15. The molecule has 1 saturated carbocycles. The van der Waals surface area contributed by atoms with Gasteiger partial charge in [0.25, 0.3) is 0 Å². The summed E-state index contributed by atoms with van der Waals surface area (Å²) in [6.07, 6.45) is 7.97. The standard InChI is InChI=1S/C15H17Cl2NO/c1-18(13-4-2-3-5-13)15(19)9-7-11-6-8-12(16)10-14(11)17/h6-10,13H,2-5H2,1H3/b9-7+. The highest BCUT2D eigenvalue weighted by atomic mass is 35.5. The van der Waals surface area contributed by atoms with E-state index in [0.717, 1.165) is 18.4 Å². The minimum Gasteiger partial charge on any atom is -0.339 e. The number of carbonyl (C=O) groups is 1. The molecule has 1 aliphatic carbocycles. The lowest BCUT2D eigenvalue weighted by molar-refractivity contribution is -0.126. The van der Waals surface area contributed by atoms with E-state index in [0.29, 0.717) is 16.1 Å². The monoisotopic (exact) mass is 297 g/mol. The minimum absolute atomic E-state index is 0.0258. The number of nitrogens with zero attached hydrogens (tertiary/aromatic N) is 1. The average Bonchev–Trinajstić information content (AvgIpc) is 2.90. The van der Waals surface area contributed by atoms with Gasteiger partial charge in [0.2, 0.25) is 5.91 Å². The molecule has 2 rings (SSSR count). The van der Waals surface area contributed by atoms with Crippen molar-refractivity contribution in [3.8, 4) is 0 Å². The second-order valence-corrected chi connectivity index (χ2v) is 5.73. The summed E-state index contributed by atoms with van der Waals surface area (Å²) >= 11 is 11.9. The van der Waals surface area contributed by atoms with Crippen LogP contribution in [0.4, 0.5) is 0 Å². The van der Waals surface area contributed by atoms with Crippen molar-refractivity contribution < 1.29 is 4.79 Å². The maximum absolute atomic E-state index is 12.1. The van der Waals surface area contributed by atoms with Gasteiger partial charge in [-0.05, 0) is 36.6 Å². The molecule has 0 atom stereocenters. The predicted molar refractivity (Wildman–Crippen MR) is 80.5 cm³/mol. The van der Waals surface area contributed by atoms with E-state index in [1.807, 2.05) is 18.0 Å². The molecule has 0 radical (unpaired) electrons. The van der Waals surface area contributed by atoms with Crippen molar-refractivity contribution in [3.63, 3.8) is 0 Å². The Labute approximate surface area is 124 Å². The number of benzene rings is 1. The molecule has 1 fully saturated rings. The maximum Gasteiger partial charge on any atom is 0.246 e. The molecule has 0 heterocycles. The van der Waals surface area contributed by atoms with E-state index in [4.69, 9.17) is 23.2 Å². The van der Waals surface area contributed by atoms with Crippen molar-refractivity contribution in [3.05, 3.63) is 39.9 Å². The van der Waals surface area contributed by atoms with Crippen molar-refractivity contribution in [2.45, 2.75) is 31.7 Å². The lowest BCUT2D eigenvalue weighted by atomic mass is 10.2. The zero-order valence-electron chi connectivity index (χ0n) is 10.9. The average molecular weight is 298 g/mol. The van der Waals surface area contributed by atoms with Gasteiger partial charge in [-0.3, -0.25) is 4.79 Å². The Balaban J connectivity index is 2.03. The molecule has 0 bridgehead atoms. The van der Waals surface area contributed by atoms with Crippen molar-refractivity contribution >= 4 is 35.2 Å². The van der Waals surface area contributed by atoms with Crippen LogP contribution in [0.1, 0.15) is 31.2 Å². The number of hydrogen-bond donors (Lipinski definition) is 0. The van der Waals surface area contributed by atoms with E-state index >= 15 is 0 Å². The smallest absolute Gasteiger partial charge is 0.246 e. The zero-order valence-corrected chi connectivity index (χ0v) is 12.4. The third kappa shape index (κ3) is 3.74. The Hall–Kier alpha value is -0.990. The van der Waals surface area contributed by atoms with Crippen LogP contribution in [0.3, 0.4) is 0 Å². The first-order valence-corrected chi connectivity index (χ1v) is 7.23. The fourth-order valence-electron chi connectivity index (χ4n) is 2.39. The summed E-state index contributed by atoms with van der Waals surface area (Å²) in [4.78, 5) is 13.9. The molecule has 19 heavy (non-hydrogen) atoms. The molecule has 1 amide bonds. The number of carbonyl (C=O) groups excluding carboxylic acids is 1. The van der Waals surface area contributed by atoms with E-state index < -0.39 is 0 Å². The summed E-state index contributed by atoms with van der Waals surface area (Å²) < 4.78 is 0. The van der Waals surface area contributed by atoms with Gasteiger partial charge in [0, 0.05) is 29.2 Å². The van der Waals surface area contributed by atoms with Crippen molar-refractivity contribution in [2.24, 2.45) is 0 Å². The van der Waals surface area contributed by atoms with Gasteiger partial charge in [0.1, 0.15) is 0 Å². The van der Waals surface area contributed by atoms with Gasteiger partial charge >= 0.3 is 0 Å². The molecule has 0 N–H and O–H groups in total. The van der Waals surface area contributed by atoms with Gasteiger partial charge in [-0.1, -0.05) is 42.1 Å². The van der Waals surface area contributed by atoms with Crippen LogP contribution >= 0.6 is 23.2 Å². The molecule has 1 aromatic rings. The van der Waals surface area contributed by atoms with Gasteiger partial charge < -0.3 is 4.90 Å². The molecule has 0 aromatic heterocycles. The quantitative estimate of drug-likeness (QED) is 0.757. The molecule has 0 spiro atoms. The molecule has 4 heteroatoms. The second kappa shape index (κ2) is 6.44. The van der Waals surface area contributed by atoms with E-state index in [1.54, 1.807) is 24.3 Å². The summed E-state index contributed by atoms with van der Waals surface area (Å²) in [6, 6.07) is 5.63. The fourth-order valence-corrected chi connectivity index (χ4v) is 2.86. The fraction of sp³-hybridized carbons (Fsp3) is 0.400. The number of amides is 1. The van der Waals surface area contributed by atoms with Crippen LogP contribution in [-0.2, 0) is 4.79 Å². The van der Waals surface area contributed by atoms with Crippen LogP contribution in [0.2, 0.25) is 10.0 Å². The Morgan fingerprint density at radius 1 is 1.32 bits per heavy atom. The molecule has 0 aliphatic heterocycles. The number of halogens is 2. The third-order valence-electron chi connectivity index (χ3n) is 3.59. The van der Waals surface area contributed by atoms with Crippen LogP contribution in [0.5, 0.6) is 0 Å². The Bertz CT molecular complexity index is 493. The van der Waals surface area contributed by atoms with E-state index in [1.165, 1.54) is 12.8 Å². The highest BCUT2D eigenvalue weighted by Crippen LogP contribution is 2.24. The van der Waals surface area contributed by atoms with Crippen molar-refractivity contribution in [2.75, 3.05) is 7.05 Å². The highest BCUT2D eigenvalue weighted by Gasteiger charge is 2.21. The van der Waals surface area contributed by atoms with Crippen molar-refractivity contribution in [1.82, 2.24) is 4.90 Å². The minimum atomic E-state index is 0.0258. The molecule has 2 nitrogen and oxygen atoms in total. The lowest BCUT2D eigenvalue weighted by Crippen LogP contribution is -2.33. The van der Waals surface area contributed by atoms with Crippen molar-refractivity contribution in [1.29, 1.82) is 0 Å². The first-order valence-electron chi connectivity index (χ1n) is 6.48. The number of hydrogen-bond acceptors (Lipinski definition) is 1. The summed E-state index contributed by atoms with van der Waals surface area (Å²) in [5.41, 5.74) is 0.805. The lowest BCUT2D eigenvalue weighted by Gasteiger charge is -2.22. The van der Waals surface area contributed by atoms with E-state index in [-0.39, 0.29) is 5.91 Å². The molecule has 1 aliphatic rings. The van der Waals surface area contributed by atoms with Crippen LogP contribution in [0, 0.1) is 0 Å². The molecular weight excluding hydrogens is 281 g/mol. The third-order valence-corrected chi connectivity index (χ3v) is 4.15. The first-order chi connectivity index (χ1) is 9.08. The van der Waals surface area contributed by atoms with Crippen LogP contribution in [-0.4, -0.2) is 23.9 Å². The molecular formula is C15H17Cl2NO. The van der Waals surface area contributed by atoms with Gasteiger partial charge in [0.15, 0.2) is 0 Å². The highest BCUT2D eigenvalue weighted by molar-refractivity contribution is 6.35. The summed E-state index contributed by atoms with van der Waals surface area (Å²) in [6.45, 7) is 0. The molecule has 1 aromatic carbocycles. The zero-order chi connectivity index (χ0) is 13.8. The second-order valence-electron chi connectivity index (χ2n) is 4.89. The Morgan fingerprint density at radius 3 is 2.63 bits per heavy atom. The number of rotatable bonds is 3. The molecule has 102 valence electrons. The summed E-state index contributed by atoms with van der Waals surface area (Å²) in [7, 11) is 1.87. The van der Waals surface area contributed by atoms with E-state index in [2.05, 4.69) is 0 Å². The van der Waals surface area contributed by atoms with Gasteiger partial charge in [0.05, 0.1) is 0 Å². The van der Waals surface area contributed by atoms with Gasteiger partial charge in [-0.2, -0.15) is 0 Å². The van der Waals surface area contributed by atoms with Crippen LogP contribution in [0.25, 0.3) is 6.08 Å². The Kier molecular flexibility index (Phi) is 4.89. The first kappa shape index (κ1) is 14.4. The largest absolute Gasteiger partial charge is 0.339 e. The van der Waals surface area contributed by atoms with E-state index in [9.17, 15) is 4.79 Å². The van der Waals surface area contributed by atoms with Gasteiger partial charge in [-0.15, -0.1) is 0 Å². The molecule has 0 saturated heterocycles. The van der Waals surface area contributed by atoms with Crippen LogP contribution < -0.4 is 0 Å². The molecule has 0 unspecified atom stereocenters. The SMILES string of the molecule is CN(C(=O)/C=C/c1ccc(Cl)cc1Cl)C1CCCC1. The van der Waals surface area contributed by atoms with Crippen LogP contribution in [0.15, 0.2) is 24.3 Å². The number of likely N-dealkylation sites (N-methyl/N-ethyl adjacent to an activating group) is 1. The topological polar surface area (TPSA) is 20.3 Å². The van der Waals surface area contributed by atoms with Gasteiger partial charge in [-0.25, -0.2) is 0 Å². The maximum atomic E-state index is 12.1. The Morgan fingerprint density at radius 2 is 2.00 bits per heavy atom. The normalized spacial score (nSPS) is 16.2.